The fraction of sp³-hybridized carbons (Fsp3) is 0.684. The highest BCUT2D eigenvalue weighted by Gasteiger charge is 2.33. The Morgan fingerprint density at radius 3 is 2.71 bits per heavy atom. The lowest BCUT2D eigenvalue weighted by Crippen LogP contribution is -2.33. The summed E-state index contributed by atoms with van der Waals surface area (Å²) < 4.78 is 13.7. The van der Waals surface area contributed by atoms with Crippen molar-refractivity contribution >= 4 is 0 Å². The summed E-state index contributed by atoms with van der Waals surface area (Å²) >= 11 is 0. The molecule has 0 bridgehead atoms. The highest BCUT2D eigenvalue weighted by molar-refractivity contribution is 5.31. The van der Waals surface area contributed by atoms with E-state index >= 15 is 0 Å². The van der Waals surface area contributed by atoms with Crippen molar-refractivity contribution in [3.63, 3.8) is 0 Å². The molecule has 2 heteroatoms. The third kappa shape index (κ3) is 3.66. The van der Waals surface area contributed by atoms with Crippen molar-refractivity contribution in [2.24, 2.45) is 11.8 Å². The minimum Gasteiger partial charge on any atom is -0.314 e. The van der Waals surface area contributed by atoms with Crippen LogP contribution in [0.2, 0.25) is 0 Å². The molecule has 0 aromatic heterocycles. The Labute approximate surface area is 128 Å². The van der Waals surface area contributed by atoms with Crippen LogP contribution in [0.1, 0.15) is 62.5 Å². The molecule has 0 heterocycles. The number of nitrogens with one attached hydrogen (secondary N) is 1. The zero-order valence-corrected chi connectivity index (χ0v) is 13.4. The van der Waals surface area contributed by atoms with Crippen molar-refractivity contribution in [1.29, 1.82) is 0 Å². The lowest BCUT2D eigenvalue weighted by Gasteiger charge is -2.37. The zero-order chi connectivity index (χ0) is 14.8. The standard InChI is InChI=1S/C19H28FN/c1-3-14-5-6-15(12-21-17-8-9-17)19(10-14)18-11-16(20)7-4-13(18)2/h4,7,11,14-15,17,19,21H,3,5-6,8-10,12H2,1-2H3. The molecule has 0 amide bonds. The van der Waals surface area contributed by atoms with Gasteiger partial charge in [0.15, 0.2) is 0 Å². The lowest BCUT2D eigenvalue weighted by atomic mass is 9.69. The minimum absolute atomic E-state index is 0.0804. The van der Waals surface area contributed by atoms with Gasteiger partial charge in [0.1, 0.15) is 5.82 Å². The van der Waals surface area contributed by atoms with Crippen LogP contribution in [-0.2, 0) is 0 Å². The normalized spacial score (nSPS) is 29.6. The van der Waals surface area contributed by atoms with E-state index in [9.17, 15) is 4.39 Å². The third-order valence-corrected chi connectivity index (χ3v) is 5.57. The van der Waals surface area contributed by atoms with Crippen LogP contribution in [0.15, 0.2) is 18.2 Å². The van der Waals surface area contributed by atoms with Crippen LogP contribution < -0.4 is 5.32 Å². The molecule has 3 rings (SSSR count). The van der Waals surface area contributed by atoms with Gasteiger partial charge in [-0.1, -0.05) is 25.8 Å². The molecule has 0 spiro atoms. The number of hydrogen-bond donors (Lipinski definition) is 1. The maximum absolute atomic E-state index is 13.7. The zero-order valence-electron chi connectivity index (χ0n) is 13.4. The van der Waals surface area contributed by atoms with Gasteiger partial charge in [0.05, 0.1) is 0 Å². The number of hydrogen-bond acceptors (Lipinski definition) is 1. The Bertz CT molecular complexity index is 480. The number of rotatable bonds is 5. The van der Waals surface area contributed by atoms with Gasteiger partial charge in [-0.05, 0) is 80.2 Å². The van der Waals surface area contributed by atoms with Gasteiger partial charge in [-0.25, -0.2) is 4.39 Å². The molecule has 2 aliphatic carbocycles. The van der Waals surface area contributed by atoms with Gasteiger partial charge < -0.3 is 5.32 Å². The summed E-state index contributed by atoms with van der Waals surface area (Å²) in [7, 11) is 0. The molecule has 116 valence electrons. The molecular weight excluding hydrogens is 261 g/mol. The maximum Gasteiger partial charge on any atom is 0.123 e. The molecule has 1 nitrogen and oxygen atoms in total. The summed E-state index contributed by atoms with van der Waals surface area (Å²) in [5.74, 6) is 1.94. The molecular formula is C19H28FN. The molecule has 1 aromatic rings. The Kier molecular flexibility index (Phi) is 4.63. The molecule has 1 N–H and O–H groups in total. The van der Waals surface area contributed by atoms with Crippen molar-refractivity contribution in [3.8, 4) is 0 Å². The first kappa shape index (κ1) is 15.0. The Morgan fingerprint density at radius 1 is 1.19 bits per heavy atom. The van der Waals surface area contributed by atoms with Gasteiger partial charge >= 0.3 is 0 Å². The molecule has 21 heavy (non-hydrogen) atoms. The fourth-order valence-electron chi connectivity index (χ4n) is 3.93. The average molecular weight is 289 g/mol. The summed E-state index contributed by atoms with van der Waals surface area (Å²) in [6, 6.07) is 6.10. The van der Waals surface area contributed by atoms with E-state index in [-0.39, 0.29) is 5.82 Å². The second kappa shape index (κ2) is 6.48. The van der Waals surface area contributed by atoms with E-state index in [2.05, 4.69) is 19.2 Å². The smallest absolute Gasteiger partial charge is 0.123 e. The van der Waals surface area contributed by atoms with E-state index in [1.54, 1.807) is 12.1 Å². The van der Waals surface area contributed by atoms with Crippen molar-refractivity contribution < 1.29 is 4.39 Å². The highest BCUT2D eigenvalue weighted by Crippen LogP contribution is 2.43. The van der Waals surface area contributed by atoms with Crippen molar-refractivity contribution in [1.82, 2.24) is 5.32 Å². The second-order valence-electron chi connectivity index (χ2n) is 7.14. The van der Waals surface area contributed by atoms with E-state index in [0.29, 0.717) is 11.8 Å². The first-order chi connectivity index (χ1) is 10.2. The summed E-state index contributed by atoms with van der Waals surface area (Å²) in [6.07, 6.45) is 7.81. The molecule has 0 radical (unpaired) electrons. The molecule has 2 saturated carbocycles. The molecule has 0 aliphatic heterocycles. The number of benzene rings is 1. The van der Waals surface area contributed by atoms with Crippen LogP contribution in [0.25, 0.3) is 0 Å². The van der Waals surface area contributed by atoms with Crippen LogP contribution in [-0.4, -0.2) is 12.6 Å². The van der Waals surface area contributed by atoms with Crippen molar-refractivity contribution in [2.45, 2.75) is 64.3 Å². The predicted molar refractivity (Wildman–Crippen MR) is 86.0 cm³/mol. The molecule has 3 atom stereocenters. The number of aryl methyl sites for hydroxylation is 1. The second-order valence-corrected chi connectivity index (χ2v) is 7.14. The lowest BCUT2D eigenvalue weighted by molar-refractivity contribution is 0.224. The molecule has 2 aliphatic rings. The first-order valence-electron chi connectivity index (χ1n) is 8.66. The predicted octanol–water partition coefficient (Wildman–Crippen LogP) is 4.80. The van der Waals surface area contributed by atoms with E-state index in [0.717, 1.165) is 18.5 Å². The summed E-state index contributed by atoms with van der Waals surface area (Å²) in [4.78, 5) is 0. The largest absolute Gasteiger partial charge is 0.314 e. The van der Waals surface area contributed by atoms with Gasteiger partial charge in [0.2, 0.25) is 0 Å². The van der Waals surface area contributed by atoms with Crippen LogP contribution in [0.4, 0.5) is 4.39 Å². The van der Waals surface area contributed by atoms with E-state index < -0.39 is 0 Å². The minimum atomic E-state index is -0.0804. The van der Waals surface area contributed by atoms with E-state index in [4.69, 9.17) is 0 Å². The van der Waals surface area contributed by atoms with Crippen molar-refractivity contribution in [3.05, 3.63) is 35.1 Å². The quantitative estimate of drug-likeness (QED) is 0.821. The summed E-state index contributed by atoms with van der Waals surface area (Å²) in [5.41, 5.74) is 2.52. The van der Waals surface area contributed by atoms with Crippen LogP contribution in [0.5, 0.6) is 0 Å². The van der Waals surface area contributed by atoms with Crippen LogP contribution >= 0.6 is 0 Å². The molecule has 2 fully saturated rings. The monoisotopic (exact) mass is 289 g/mol. The highest BCUT2D eigenvalue weighted by atomic mass is 19.1. The van der Waals surface area contributed by atoms with Crippen LogP contribution in [0.3, 0.4) is 0 Å². The number of halogens is 1. The third-order valence-electron chi connectivity index (χ3n) is 5.57. The van der Waals surface area contributed by atoms with Gasteiger partial charge in [-0.2, -0.15) is 0 Å². The summed E-state index contributed by atoms with van der Waals surface area (Å²) in [5, 5.41) is 3.70. The Balaban J connectivity index is 1.78. The van der Waals surface area contributed by atoms with Gasteiger partial charge in [-0.15, -0.1) is 0 Å². The molecule has 1 aromatic carbocycles. The Morgan fingerprint density at radius 2 is 2.00 bits per heavy atom. The first-order valence-corrected chi connectivity index (χ1v) is 8.66. The van der Waals surface area contributed by atoms with Crippen LogP contribution in [0, 0.1) is 24.6 Å². The van der Waals surface area contributed by atoms with E-state index in [1.807, 2.05) is 6.07 Å². The Hall–Kier alpha value is -0.890. The summed E-state index contributed by atoms with van der Waals surface area (Å²) in [6.45, 7) is 5.54. The molecule has 3 unspecified atom stereocenters. The van der Waals surface area contributed by atoms with Crippen molar-refractivity contribution in [2.75, 3.05) is 6.54 Å². The fourth-order valence-corrected chi connectivity index (χ4v) is 3.93. The molecule has 0 saturated heterocycles. The van der Waals surface area contributed by atoms with E-state index in [1.165, 1.54) is 49.7 Å². The maximum atomic E-state index is 13.7. The van der Waals surface area contributed by atoms with Gasteiger partial charge in [-0.3, -0.25) is 0 Å². The topological polar surface area (TPSA) is 12.0 Å². The average Bonchev–Trinajstić information content (AvgIpc) is 3.32. The van der Waals surface area contributed by atoms with Gasteiger partial charge in [0.25, 0.3) is 0 Å². The SMILES string of the molecule is CCC1CCC(CNC2CC2)C(c2cc(F)ccc2C)C1. The van der Waals surface area contributed by atoms with Gasteiger partial charge in [0, 0.05) is 6.04 Å².